The SMILES string of the molecule is CCc1nc(N2CCC3(CC2)CC(O)CN(c2nc(C)c4c(n2)CCCC4)C3)no1. The molecule has 1 spiro atoms. The summed E-state index contributed by atoms with van der Waals surface area (Å²) in [4.78, 5) is 18.7. The molecule has 162 valence electrons. The normalized spacial score (nSPS) is 23.6. The van der Waals surface area contributed by atoms with Gasteiger partial charge < -0.3 is 19.4 Å². The van der Waals surface area contributed by atoms with Crippen LogP contribution in [0.25, 0.3) is 0 Å². The molecule has 3 aliphatic rings. The minimum Gasteiger partial charge on any atom is -0.391 e. The number of piperidine rings is 2. The maximum Gasteiger partial charge on any atom is 0.266 e. The van der Waals surface area contributed by atoms with E-state index in [9.17, 15) is 5.11 Å². The molecule has 2 saturated heterocycles. The van der Waals surface area contributed by atoms with Crippen molar-refractivity contribution in [2.24, 2.45) is 5.41 Å². The molecule has 4 heterocycles. The number of β-amino-alcohol motifs (C(OH)–C–C–N with tert-alkyl or cyclic N) is 1. The van der Waals surface area contributed by atoms with Crippen molar-refractivity contribution in [2.45, 2.75) is 71.3 Å². The predicted octanol–water partition coefficient (Wildman–Crippen LogP) is 2.47. The fraction of sp³-hybridized carbons (Fsp3) is 0.727. The highest BCUT2D eigenvalue weighted by molar-refractivity contribution is 5.40. The molecule has 0 amide bonds. The van der Waals surface area contributed by atoms with Crippen LogP contribution in [-0.2, 0) is 19.3 Å². The Balaban J connectivity index is 1.32. The van der Waals surface area contributed by atoms with Crippen molar-refractivity contribution in [3.8, 4) is 0 Å². The summed E-state index contributed by atoms with van der Waals surface area (Å²) in [7, 11) is 0. The van der Waals surface area contributed by atoms with Crippen molar-refractivity contribution in [1.82, 2.24) is 20.1 Å². The molecule has 0 bridgehead atoms. The number of aryl methyl sites for hydroxylation is 3. The Hall–Kier alpha value is -2.22. The van der Waals surface area contributed by atoms with E-state index in [1.807, 2.05) is 6.92 Å². The molecule has 0 aromatic carbocycles. The van der Waals surface area contributed by atoms with E-state index in [1.54, 1.807) is 0 Å². The highest BCUT2D eigenvalue weighted by Crippen LogP contribution is 2.41. The molecule has 0 saturated carbocycles. The average molecular weight is 413 g/mol. The number of nitrogens with zero attached hydrogens (tertiary/aromatic N) is 6. The Labute approximate surface area is 177 Å². The lowest BCUT2D eigenvalue weighted by Crippen LogP contribution is -2.54. The van der Waals surface area contributed by atoms with Gasteiger partial charge in [-0.3, -0.25) is 0 Å². The van der Waals surface area contributed by atoms with Crippen molar-refractivity contribution in [1.29, 1.82) is 0 Å². The van der Waals surface area contributed by atoms with E-state index >= 15 is 0 Å². The third-order valence-electron chi connectivity index (χ3n) is 7.15. The first-order valence-electron chi connectivity index (χ1n) is 11.4. The van der Waals surface area contributed by atoms with Crippen LogP contribution in [0.2, 0.25) is 0 Å². The van der Waals surface area contributed by atoms with Crippen LogP contribution in [0.1, 0.15) is 61.9 Å². The number of aliphatic hydroxyl groups is 1. The molecule has 1 N–H and O–H groups in total. The van der Waals surface area contributed by atoms with Crippen LogP contribution in [-0.4, -0.2) is 57.5 Å². The van der Waals surface area contributed by atoms with Gasteiger partial charge in [0.05, 0.1) is 6.10 Å². The largest absolute Gasteiger partial charge is 0.391 e. The first kappa shape index (κ1) is 19.7. The summed E-state index contributed by atoms with van der Waals surface area (Å²) in [6, 6.07) is 0. The maximum atomic E-state index is 10.7. The second kappa shape index (κ2) is 7.80. The number of aliphatic hydroxyl groups excluding tert-OH is 1. The summed E-state index contributed by atoms with van der Waals surface area (Å²) in [5, 5.41) is 14.9. The van der Waals surface area contributed by atoms with E-state index in [2.05, 4.69) is 26.9 Å². The number of aromatic nitrogens is 4. The number of anilines is 2. The lowest BCUT2D eigenvalue weighted by molar-refractivity contribution is 0.0589. The number of hydrogen-bond donors (Lipinski definition) is 1. The minimum atomic E-state index is -0.345. The minimum absolute atomic E-state index is 0.0820. The van der Waals surface area contributed by atoms with E-state index in [1.165, 1.54) is 24.1 Å². The molecule has 30 heavy (non-hydrogen) atoms. The van der Waals surface area contributed by atoms with Crippen molar-refractivity contribution in [3.63, 3.8) is 0 Å². The molecular weight excluding hydrogens is 380 g/mol. The molecule has 1 aliphatic carbocycles. The monoisotopic (exact) mass is 412 g/mol. The van der Waals surface area contributed by atoms with Crippen molar-refractivity contribution < 1.29 is 9.63 Å². The molecule has 5 rings (SSSR count). The molecule has 1 unspecified atom stereocenters. The quantitative estimate of drug-likeness (QED) is 0.822. The van der Waals surface area contributed by atoms with Crippen LogP contribution in [0.4, 0.5) is 11.9 Å². The summed E-state index contributed by atoms with van der Waals surface area (Å²) in [6.07, 6.45) is 7.84. The van der Waals surface area contributed by atoms with Crippen molar-refractivity contribution >= 4 is 11.9 Å². The smallest absolute Gasteiger partial charge is 0.266 e. The summed E-state index contributed by atoms with van der Waals surface area (Å²) in [6.45, 7) is 7.42. The molecule has 2 aliphatic heterocycles. The van der Waals surface area contributed by atoms with Crippen LogP contribution in [0.15, 0.2) is 4.52 Å². The van der Waals surface area contributed by atoms with E-state index in [-0.39, 0.29) is 11.5 Å². The molecule has 2 aromatic heterocycles. The summed E-state index contributed by atoms with van der Waals surface area (Å²) < 4.78 is 5.29. The molecule has 2 aromatic rings. The second-order valence-electron chi connectivity index (χ2n) is 9.31. The second-order valence-corrected chi connectivity index (χ2v) is 9.31. The van der Waals surface area contributed by atoms with E-state index < -0.39 is 0 Å². The lowest BCUT2D eigenvalue weighted by atomic mass is 9.71. The molecule has 8 nitrogen and oxygen atoms in total. The molecular formula is C22H32N6O2. The van der Waals surface area contributed by atoms with Crippen LogP contribution in [0.5, 0.6) is 0 Å². The zero-order valence-corrected chi connectivity index (χ0v) is 18.1. The third-order valence-corrected chi connectivity index (χ3v) is 7.15. The molecule has 8 heteroatoms. The zero-order valence-electron chi connectivity index (χ0n) is 18.1. The van der Waals surface area contributed by atoms with Gasteiger partial charge in [-0.25, -0.2) is 9.97 Å². The van der Waals surface area contributed by atoms with Gasteiger partial charge in [-0.15, -0.1) is 0 Å². The van der Waals surface area contributed by atoms with Gasteiger partial charge in [0.25, 0.3) is 5.95 Å². The maximum absolute atomic E-state index is 10.7. The van der Waals surface area contributed by atoms with Crippen LogP contribution >= 0.6 is 0 Å². The Kier molecular flexibility index (Phi) is 5.13. The Morgan fingerprint density at radius 1 is 1.07 bits per heavy atom. The van der Waals surface area contributed by atoms with E-state index in [0.717, 1.165) is 69.8 Å². The number of rotatable bonds is 3. The topological polar surface area (TPSA) is 91.4 Å². The van der Waals surface area contributed by atoms with Gasteiger partial charge in [0.1, 0.15) is 0 Å². The van der Waals surface area contributed by atoms with E-state index in [0.29, 0.717) is 18.4 Å². The fourth-order valence-corrected chi connectivity index (χ4v) is 5.47. The Morgan fingerprint density at radius 2 is 1.87 bits per heavy atom. The highest BCUT2D eigenvalue weighted by atomic mass is 16.5. The van der Waals surface area contributed by atoms with Gasteiger partial charge >= 0.3 is 0 Å². The Morgan fingerprint density at radius 3 is 2.63 bits per heavy atom. The number of fused-ring (bicyclic) bond motifs is 1. The van der Waals surface area contributed by atoms with Gasteiger partial charge in [-0.2, -0.15) is 4.98 Å². The van der Waals surface area contributed by atoms with Crippen molar-refractivity contribution in [3.05, 3.63) is 22.8 Å². The van der Waals surface area contributed by atoms with Gasteiger partial charge in [0, 0.05) is 44.0 Å². The Bertz CT molecular complexity index is 905. The van der Waals surface area contributed by atoms with Crippen LogP contribution < -0.4 is 9.80 Å². The van der Waals surface area contributed by atoms with Crippen LogP contribution in [0, 0.1) is 12.3 Å². The average Bonchev–Trinajstić information content (AvgIpc) is 3.23. The summed E-state index contributed by atoms with van der Waals surface area (Å²) in [5.74, 6) is 2.19. The molecule has 1 atom stereocenters. The van der Waals surface area contributed by atoms with Gasteiger partial charge in [-0.05, 0) is 68.0 Å². The van der Waals surface area contributed by atoms with Gasteiger partial charge in [0.15, 0.2) is 0 Å². The standard InChI is InChI=1S/C22H32N6O2/c1-3-19-25-21(26-30-19)27-10-8-22(9-11-27)12-16(29)13-28(14-22)20-23-15(2)17-6-4-5-7-18(17)24-20/h16,29H,3-14H2,1-2H3. The van der Waals surface area contributed by atoms with Gasteiger partial charge in [-0.1, -0.05) is 6.92 Å². The number of hydrogen-bond acceptors (Lipinski definition) is 8. The zero-order chi connectivity index (χ0) is 20.7. The van der Waals surface area contributed by atoms with Crippen LogP contribution in [0.3, 0.4) is 0 Å². The predicted molar refractivity (Wildman–Crippen MR) is 114 cm³/mol. The van der Waals surface area contributed by atoms with Gasteiger partial charge in [0.2, 0.25) is 11.8 Å². The first-order valence-corrected chi connectivity index (χ1v) is 11.4. The summed E-state index contributed by atoms with van der Waals surface area (Å²) in [5.41, 5.74) is 3.76. The third kappa shape index (κ3) is 3.66. The first-order chi connectivity index (χ1) is 14.5. The highest BCUT2D eigenvalue weighted by Gasteiger charge is 2.43. The fourth-order valence-electron chi connectivity index (χ4n) is 5.47. The molecule has 2 fully saturated rings. The van der Waals surface area contributed by atoms with E-state index in [4.69, 9.17) is 14.5 Å². The lowest BCUT2D eigenvalue weighted by Gasteiger charge is -2.49. The summed E-state index contributed by atoms with van der Waals surface area (Å²) >= 11 is 0. The van der Waals surface area contributed by atoms with Crippen molar-refractivity contribution in [2.75, 3.05) is 36.0 Å². The molecule has 0 radical (unpaired) electrons.